The van der Waals surface area contributed by atoms with Crippen LogP contribution in [-0.4, -0.2) is 49.0 Å². The number of para-hydroxylation sites is 1. The summed E-state index contributed by atoms with van der Waals surface area (Å²) in [5, 5.41) is 16.4. The standard InChI is InChI=1S/C23H28N4O5/c1-6-15(17-11-10-13(32-17)12-26(2)3)24-18-19(22(30)21(18)29)25-16-9-7-8-14(20(16)28)23(31)27(4)5/h7-11,15,24-25,28H,6,12H2,1-5H3. The van der Waals surface area contributed by atoms with Crippen LogP contribution in [0.2, 0.25) is 0 Å². The van der Waals surface area contributed by atoms with Crippen LogP contribution in [0.5, 0.6) is 5.75 Å². The first kappa shape index (κ1) is 23.1. The summed E-state index contributed by atoms with van der Waals surface area (Å²) in [6, 6.07) is 8.01. The number of carbonyl (C=O) groups is 1. The summed E-state index contributed by atoms with van der Waals surface area (Å²) in [4.78, 5) is 40.1. The van der Waals surface area contributed by atoms with Gasteiger partial charge in [0.05, 0.1) is 23.8 Å². The molecule has 0 aliphatic heterocycles. The monoisotopic (exact) mass is 440 g/mol. The van der Waals surface area contributed by atoms with Crippen molar-refractivity contribution in [1.82, 2.24) is 9.80 Å². The first-order chi connectivity index (χ1) is 15.1. The number of hydrogen-bond donors (Lipinski definition) is 3. The molecule has 0 aliphatic rings. The SMILES string of the molecule is CCC(Nc1c(Nc2cccc(C(=O)N(C)C)c2O)c(=O)c1=O)c1ccc(CN(C)C)o1. The van der Waals surface area contributed by atoms with Crippen molar-refractivity contribution in [2.45, 2.75) is 25.9 Å². The quantitative estimate of drug-likeness (QED) is 0.344. The molecule has 170 valence electrons. The number of carbonyl (C=O) groups excluding carboxylic acids is 1. The van der Waals surface area contributed by atoms with Crippen molar-refractivity contribution in [2.75, 3.05) is 38.8 Å². The van der Waals surface area contributed by atoms with Gasteiger partial charge in [0.25, 0.3) is 16.8 Å². The number of furan rings is 1. The molecule has 0 saturated heterocycles. The third-order valence-electron chi connectivity index (χ3n) is 5.07. The molecule has 1 atom stereocenters. The first-order valence-corrected chi connectivity index (χ1v) is 10.3. The van der Waals surface area contributed by atoms with E-state index in [0.29, 0.717) is 18.7 Å². The number of amides is 1. The summed E-state index contributed by atoms with van der Waals surface area (Å²) in [5.74, 6) is 0.772. The molecule has 32 heavy (non-hydrogen) atoms. The molecule has 0 aliphatic carbocycles. The topological polar surface area (TPSA) is 115 Å². The summed E-state index contributed by atoms with van der Waals surface area (Å²) in [5.41, 5.74) is -0.935. The van der Waals surface area contributed by atoms with Crippen LogP contribution in [0.25, 0.3) is 0 Å². The van der Waals surface area contributed by atoms with E-state index < -0.39 is 10.9 Å². The van der Waals surface area contributed by atoms with Gasteiger partial charge in [0.1, 0.15) is 22.9 Å². The Kier molecular flexibility index (Phi) is 6.69. The minimum Gasteiger partial charge on any atom is -0.505 e. The molecule has 1 aromatic heterocycles. The van der Waals surface area contributed by atoms with Gasteiger partial charge in [-0.15, -0.1) is 0 Å². The number of benzene rings is 1. The highest BCUT2D eigenvalue weighted by Gasteiger charge is 2.26. The van der Waals surface area contributed by atoms with Crippen LogP contribution >= 0.6 is 0 Å². The third-order valence-corrected chi connectivity index (χ3v) is 5.07. The van der Waals surface area contributed by atoms with Crippen molar-refractivity contribution < 1.29 is 14.3 Å². The molecule has 1 amide bonds. The van der Waals surface area contributed by atoms with E-state index in [1.165, 1.54) is 17.0 Å². The van der Waals surface area contributed by atoms with Crippen LogP contribution in [0.3, 0.4) is 0 Å². The Bertz CT molecular complexity index is 1190. The summed E-state index contributed by atoms with van der Waals surface area (Å²) in [7, 11) is 7.03. The van der Waals surface area contributed by atoms with Gasteiger partial charge < -0.3 is 30.0 Å². The summed E-state index contributed by atoms with van der Waals surface area (Å²) in [6.07, 6.45) is 0.616. The molecule has 2 aromatic carbocycles. The number of rotatable bonds is 9. The van der Waals surface area contributed by atoms with E-state index in [0.717, 1.165) is 5.76 Å². The zero-order chi connectivity index (χ0) is 23.6. The molecular weight excluding hydrogens is 412 g/mol. The van der Waals surface area contributed by atoms with Gasteiger partial charge >= 0.3 is 0 Å². The zero-order valence-electron chi connectivity index (χ0n) is 18.9. The second-order valence-corrected chi connectivity index (χ2v) is 8.08. The number of phenolic OH excluding ortho intramolecular Hbond substituents is 1. The normalized spacial score (nSPS) is 12.2. The van der Waals surface area contributed by atoms with Crippen LogP contribution in [0, 0.1) is 0 Å². The smallest absolute Gasteiger partial charge is 0.257 e. The average molecular weight is 441 g/mol. The lowest BCUT2D eigenvalue weighted by molar-refractivity contribution is 0.0824. The van der Waals surface area contributed by atoms with Gasteiger partial charge in [-0.2, -0.15) is 0 Å². The van der Waals surface area contributed by atoms with Gasteiger partial charge in [-0.05, 0) is 44.8 Å². The number of phenols is 1. The summed E-state index contributed by atoms with van der Waals surface area (Å²) >= 11 is 0. The Hall–Kier alpha value is -3.59. The molecule has 1 unspecified atom stereocenters. The lowest BCUT2D eigenvalue weighted by atomic mass is 10.1. The van der Waals surface area contributed by atoms with Crippen LogP contribution < -0.4 is 21.5 Å². The summed E-state index contributed by atoms with van der Waals surface area (Å²) < 4.78 is 5.89. The second kappa shape index (κ2) is 9.27. The minimum absolute atomic E-state index is 0.0401. The first-order valence-electron chi connectivity index (χ1n) is 10.3. The summed E-state index contributed by atoms with van der Waals surface area (Å²) in [6.45, 7) is 2.58. The Labute approximate surface area is 186 Å². The Morgan fingerprint density at radius 1 is 1.06 bits per heavy atom. The highest BCUT2D eigenvalue weighted by molar-refractivity contribution is 5.99. The molecule has 0 saturated carbocycles. The lowest BCUT2D eigenvalue weighted by Gasteiger charge is -2.21. The molecule has 0 spiro atoms. The van der Waals surface area contributed by atoms with E-state index in [2.05, 4.69) is 10.6 Å². The molecule has 9 heteroatoms. The molecule has 3 aromatic rings. The predicted molar refractivity (Wildman–Crippen MR) is 124 cm³/mol. The van der Waals surface area contributed by atoms with Gasteiger partial charge in [0, 0.05) is 14.1 Å². The molecule has 3 N–H and O–H groups in total. The Morgan fingerprint density at radius 3 is 2.38 bits per heavy atom. The molecule has 9 nitrogen and oxygen atoms in total. The van der Waals surface area contributed by atoms with E-state index >= 15 is 0 Å². The minimum atomic E-state index is -0.696. The number of aromatic hydroxyl groups is 1. The van der Waals surface area contributed by atoms with Crippen molar-refractivity contribution in [3.05, 3.63) is 67.9 Å². The van der Waals surface area contributed by atoms with Crippen LogP contribution in [0.1, 0.15) is 41.3 Å². The maximum atomic E-state index is 12.3. The van der Waals surface area contributed by atoms with Gasteiger partial charge in [-0.25, -0.2) is 0 Å². The van der Waals surface area contributed by atoms with Crippen molar-refractivity contribution in [1.29, 1.82) is 0 Å². The van der Waals surface area contributed by atoms with Gasteiger partial charge in [-0.3, -0.25) is 14.4 Å². The number of nitrogens with one attached hydrogen (secondary N) is 2. The Balaban J connectivity index is 1.86. The van der Waals surface area contributed by atoms with Crippen molar-refractivity contribution in [2.24, 2.45) is 0 Å². The van der Waals surface area contributed by atoms with Crippen molar-refractivity contribution in [3.8, 4) is 5.75 Å². The lowest BCUT2D eigenvalue weighted by Crippen LogP contribution is -2.37. The fraction of sp³-hybridized carbons (Fsp3) is 0.348. The maximum absolute atomic E-state index is 12.3. The third kappa shape index (κ3) is 4.52. The van der Waals surface area contributed by atoms with E-state index in [1.807, 2.05) is 38.1 Å². The largest absolute Gasteiger partial charge is 0.505 e. The van der Waals surface area contributed by atoms with Gasteiger partial charge in [-0.1, -0.05) is 13.0 Å². The highest BCUT2D eigenvalue weighted by atomic mass is 16.3. The van der Waals surface area contributed by atoms with Crippen LogP contribution in [0.15, 0.2) is 44.3 Å². The van der Waals surface area contributed by atoms with E-state index in [9.17, 15) is 19.5 Å². The Morgan fingerprint density at radius 2 is 1.75 bits per heavy atom. The van der Waals surface area contributed by atoms with E-state index in [4.69, 9.17) is 4.42 Å². The maximum Gasteiger partial charge on any atom is 0.257 e. The molecule has 0 fully saturated rings. The fourth-order valence-corrected chi connectivity index (χ4v) is 3.37. The van der Waals surface area contributed by atoms with E-state index in [1.54, 1.807) is 20.2 Å². The average Bonchev–Trinajstić information content (AvgIpc) is 3.20. The van der Waals surface area contributed by atoms with Crippen molar-refractivity contribution >= 4 is 23.0 Å². The predicted octanol–water partition coefficient (Wildman–Crippen LogP) is 2.65. The highest BCUT2D eigenvalue weighted by Crippen LogP contribution is 2.33. The van der Waals surface area contributed by atoms with E-state index in [-0.39, 0.29) is 40.3 Å². The van der Waals surface area contributed by atoms with Gasteiger partial charge in [0.2, 0.25) is 0 Å². The molecule has 0 bridgehead atoms. The van der Waals surface area contributed by atoms with Crippen molar-refractivity contribution in [3.63, 3.8) is 0 Å². The second-order valence-electron chi connectivity index (χ2n) is 8.08. The fourth-order valence-electron chi connectivity index (χ4n) is 3.37. The number of nitrogens with zero attached hydrogens (tertiary/aromatic N) is 2. The number of hydrogen-bond acceptors (Lipinski definition) is 8. The molecule has 3 rings (SSSR count). The molecule has 0 radical (unpaired) electrons. The zero-order valence-corrected chi connectivity index (χ0v) is 18.9. The van der Waals surface area contributed by atoms with Crippen LogP contribution in [-0.2, 0) is 6.54 Å². The van der Waals surface area contributed by atoms with Gasteiger partial charge in [0.15, 0.2) is 5.75 Å². The number of anilines is 3. The molecule has 1 heterocycles. The molecular formula is C23H28N4O5. The van der Waals surface area contributed by atoms with Crippen LogP contribution in [0.4, 0.5) is 17.1 Å².